The van der Waals surface area contributed by atoms with Gasteiger partial charge in [-0.3, -0.25) is 9.59 Å². The molecule has 1 aromatic heterocycles. The van der Waals surface area contributed by atoms with Crippen molar-refractivity contribution in [2.24, 2.45) is 0 Å². The quantitative estimate of drug-likeness (QED) is 0.741. The number of aliphatic carboxylic acids is 1. The molecule has 1 atom stereocenters. The standard InChI is InChI=1S/C16H17N3O5/c20-14(19-5-6-24-13(9-19)16(22)23)8-17-15(21)12-7-10-3-1-2-4-11(10)18-12/h1-4,7,13,18H,5-6,8-9H2,(H,17,21)(H,22,23). The maximum Gasteiger partial charge on any atom is 0.334 e. The second-order valence-corrected chi connectivity index (χ2v) is 5.49. The Morgan fingerprint density at radius 1 is 1.33 bits per heavy atom. The molecule has 2 amide bonds. The number of hydrogen-bond acceptors (Lipinski definition) is 4. The number of carbonyl (C=O) groups excluding carboxylic acids is 2. The Morgan fingerprint density at radius 3 is 2.88 bits per heavy atom. The molecule has 0 bridgehead atoms. The number of amides is 2. The highest BCUT2D eigenvalue weighted by atomic mass is 16.5. The van der Waals surface area contributed by atoms with Crippen molar-refractivity contribution in [2.75, 3.05) is 26.2 Å². The van der Waals surface area contributed by atoms with Crippen LogP contribution in [0.15, 0.2) is 30.3 Å². The summed E-state index contributed by atoms with van der Waals surface area (Å²) in [5.74, 6) is -1.83. The van der Waals surface area contributed by atoms with Gasteiger partial charge in [0.1, 0.15) is 5.69 Å². The molecule has 126 valence electrons. The smallest absolute Gasteiger partial charge is 0.334 e. The van der Waals surface area contributed by atoms with Gasteiger partial charge in [-0.1, -0.05) is 18.2 Å². The summed E-state index contributed by atoms with van der Waals surface area (Å²) in [7, 11) is 0. The third-order valence-electron chi connectivity index (χ3n) is 3.87. The van der Waals surface area contributed by atoms with Crippen LogP contribution in [-0.2, 0) is 14.3 Å². The van der Waals surface area contributed by atoms with Crippen LogP contribution in [0.4, 0.5) is 0 Å². The molecule has 1 unspecified atom stereocenters. The number of carboxylic acids is 1. The van der Waals surface area contributed by atoms with E-state index in [1.54, 1.807) is 6.07 Å². The largest absolute Gasteiger partial charge is 0.479 e. The van der Waals surface area contributed by atoms with Crippen molar-refractivity contribution >= 4 is 28.7 Å². The van der Waals surface area contributed by atoms with E-state index in [2.05, 4.69) is 10.3 Å². The summed E-state index contributed by atoms with van der Waals surface area (Å²) in [6.45, 7) is 0.264. The molecule has 2 aromatic rings. The van der Waals surface area contributed by atoms with Crippen LogP contribution in [0.1, 0.15) is 10.5 Å². The summed E-state index contributed by atoms with van der Waals surface area (Å²) in [5.41, 5.74) is 1.21. The van der Waals surface area contributed by atoms with E-state index in [1.807, 2.05) is 24.3 Å². The molecule has 3 N–H and O–H groups in total. The van der Waals surface area contributed by atoms with Gasteiger partial charge in [-0.25, -0.2) is 4.79 Å². The number of hydrogen-bond donors (Lipinski definition) is 3. The number of aromatic amines is 1. The van der Waals surface area contributed by atoms with Gasteiger partial charge in [-0.15, -0.1) is 0 Å². The van der Waals surface area contributed by atoms with Crippen LogP contribution in [0, 0.1) is 0 Å². The lowest BCUT2D eigenvalue weighted by atomic mass is 10.2. The number of nitrogens with zero attached hydrogens (tertiary/aromatic N) is 1. The first-order chi connectivity index (χ1) is 11.5. The third kappa shape index (κ3) is 3.38. The second kappa shape index (κ2) is 6.71. The average molecular weight is 331 g/mol. The highest BCUT2D eigenvalue weighted by Crippen LogP contribution is 2.14. The second-order valence-electron chi connectivity index (χ2n) is 5.49. The lowest BCUT2D eigenvalue weighted by Gasteiger charge is -2.30. The number of rotatable bonds is 4. The van der Waals surface area contributed by atoms with E-state index < -0.39 is 12.1 Å². The third-order valence-corrected chi connectivity index (χ3v) is 3.87. The SMILES string of the molecule is O=C(NCC(=O)N1CCOC(C(=O)O)C1)c1cc2ccccc2[nH]1. The molecule has 24 heavy (non-hydrogen) atoms. The van der Waals surface area contributed by atoms with Crippen LogP contribution in [0.25, 0.3) is 10.9 Å². The van der Waals surface area contributed by atoms with E-state index in [1.165, 1.54) is 4.90 Å². The van der Waals surface area contributed by atoms with E-state index >= 15 is 0 Å². The predicted molar refractivity (Wildman–Crippen MR) is 84.6 cm³/mol. The van der Waals surface area contributed by atoms with Crippen molar-refractivity contribution in [2.45, 2.75) is 6.10 Å². The van der Waals surface area contributed by atoms with Crippen LogP contribution >= 0.6 is 0 Å². The summed E-state index contributed by atoms with van der Waals surface area (Å²) in [6.07, 6.45) is -1.02. The number of ether oxygens (including phenoxy) is 1. The minimum absolute atomic E-state index is 0.0174. The lowest BCUT2D eigenvalue weighted by molar-refractivity contribution is -0.159. The van der Waals surface area contributed by atoms with Crippen molar-refractivity contribution in [3.8, 4) is 0 Å². The Balaban J connectivity index is 1.57. The zero-order chi connectivity index (χ0) is 17.1. The van der Waals surface area contributed by atoms with Gasteiger partial charge in [0.15, 0.2) is 6.10 Å². The summed E-state index contributed by atoms with van der Waals surface area (Å²) in [4.78, 5) is 39.6. The maximum absolute atomic E-state index is 12.1. The first kappa shape index (κ1) is 16.0. The number of morpholine rings is 1. The zero-order valence-electron chi connectivity index (χ0n) is 12.8. The Hall–Kier alpha value is -2.87. The fraction of sp³-hybridized carbons (Fsp3) is 0.312. The van der Waals surface area contributed by atoms with Gasteiger partial charge in [-0.2, -0.15) is 0 Å². The number of nitrogens with one attached hydrogen (secondary N) is 2. The Labute approximate surface area is 137 Å². The van der Waals surface area contributed by atoms with Gasteiger partial charge >= 0.3 is 5.97 Å². The average Bonchev–Trinajstić information content (AvgIpc) is 3.03. The Morgan fingerprint density at radius 2 is 2.12 bits per heavy atom. The minimum atomic E-state index is -1.10. The lowest BCUT2D eigenvalue weighted by Crippen LogP contribution is -2.51. The zero-order valence-corrected chi connectivity index (χ0v) is 12.8. The van der Waals surface area contributed by atoms with E-state index in [0.717, 1.165) is 10.9 Å². The van der Waals surface area contributed by atoms with Crippen LogP contribution < -0.4 is 5.32 Å². The van der Waals surface area contributed by atoms with Crippen LogP contribution in [0.3, 0.4) is 0 Å². The number of carbonyl (C=O) groups is 3. The molecule has 0 spiro atoms. The molecule has 1 aliphatic heterocycles. The Bertz CT molecular complexity index is 752. The molecule has 0 saturated carbocycles. The number of benzene rings is 1. The minimum Gasteiger partial charge on any atom is -0.479 e. The van der Waals surface area contributed by atoms with Gasteiger partial charge < -0.3 is 25.0 Å². The number of fused-ring (bicyclic) bond motifs is 1. The predicted octanol–water partition coefficient (Wildman–Crippen LogP) is 0.210. The van der Waals surface area contributed by atoms with E-state index in [4.69, 9.17) is 9.84 Å². The maximum atomic E-state index is 12.1. The molecule has 2 heterocycles. The van der Waals surface area contributed by atoms with Crippen molar-refractivity contribution < 1.29 is 24.2 Å². The number of aromatic nitrogens is 1. The van der Waals surface area contributed by atoms with Crippen molar-refractivity contribution in [1.82, 2.24) is 15.2 Å². The van der Waals surface area contributed by atoms with E-state index in [0.29, 0.717) is 12.2 Å². The van der Waals surface area contributed by atoms with Crippen LogP contribution in [0.2, 0.25) is 0 Å². The first-order valence-corrected chi connectivity index (χ1v) is 7.53. The summed E-state index contributed by atoms with van der Waals surface area (Å²) in [6, 6.07) is 9.19. The number of carboxylic acid groups (broad SMARTS) is 1. The molecule has 0 radical (unpaired) electrons. The Kier molecular flexibility index (Phi) is 4.48. The van der Waals surface area contributed by atoms with Gasteiger partial charge in [0.2, 0.25) is 5.91 Å². The molecule has 1 fully saturated rings. The number of para-hydroxylation sites is 1. The normalized spacial score (nSPS) is 17.7. The van der Waals surface area contributed by atoms with Gasteiger partial charge in [0.05, 0.1) is 19.7 Å². The highest BCUT2D eigenvalue weighted by molar-refractivity contribution is 5.99. The fourth-order valence-electron chi connectivity index (χ4n) is 2.58. The molecule has 3 rings (SSSR count). The van der Waals surface area contributed by atoms with Crippen molar-refractivity contribution in [1.29, 1.82) is 0 Å². The van der Waals surface area contributed by atoms with Gasteiger partial charge in [0, 0.05) is 17.4 Å². The monoisotopic (exact) mass is 331 g/mol. The number of H-pyrrole nitrogens is 1. The topological polar surface area (TPSA) is 112 Å². The van der Waals surface area contributed by atoms with E-state index in [9.17, 15) is 14.4 Å². The molecule has 8 heteroatoms. The van der Waals surface area contributed by atoms with Crippen molar-refractivity contribution in [3.05, 3.63) is 36.0 Å². The summed E-state index contributed by atoms with van der Waals surface area (Å²) < 4.78 is 5.06. The molecule has 1 aliphatic rings. The van der Waals surface area contributed by atoms with Crippen LogP contribution in [0.5, 0.6) is 0 Å². The van der Waals surface area contributed by atoms with Crippen LogP contribution in [-0.4, -0.2) is 65.1 Å². The van der Waals surface area contributed by atoms with Crippen molar-refractivity contribution in [3.63, 3.8) is 0 Å². The molecule has 0 aliphatic carbocycles. The molecule has 8 nitrogen and oxygen atoms in total. The van der Waals surface area contributed by atoms with Gasteiger partial charge in [-0.05, 0) is 12.1 Å². The molecule has 1 aromatic carbocycles. The van der Waals surface area contributed by atoms with Gasteiger partial charge in [0.25, 0.3) is 5.91 Å². The molecular formula is C16H17N3O5. The highest BCUT2D eigenvalue weighted by Gasteiger charge is 2.29. The summed E-state index contributed by atoms with van der Waals surface area (Å²) >= 11 is 0. The first-order valence-electron chi connectivity index (χ1n) is 7.53. The molecular weight excluding hydrogens is 314 g/mol. The summed E-state index contributed by atoms with van der Waals surface area (Å²) in [5, 5.41) is 12.4. The molecule has 1 saturated heterocycles. The van der Waals surface area contributed by atoms with E-state index in [-0.39, 0.29) is 31.5 Å². The fourth-order valence-corrected chi connectivity index (χ4v) is 2.58.